The fourth-order valence-electron chi connectivity index (χ4n) is 5.36. The minimum absolute atomic E-state index is 0.0393. The summed E-state index contributed by atoms with van der Waals surface area (Å²) >= 11 is 25.8. The van der Waals surface area contributed by atoms with Gasteiger partial charge < -0.3 is 0 Å². The maximum Gasteiger partial charge on any atom is 0.273 e. The zero-order chi connectivity index (χ0) is 23.6. The fourth-order valence-corrected chi connectivity index (χ4v) is 7.82. The van der Waals surface area contributed by atoms with Crippen LogP contribution in [0.5, 0.6) is 0 Å². The fraction of sp³-hybridized carbons (Fsp3) is 0.348. The van der Waals surface area contributed by atoms with Gasteiger partial charge >= 0.3 is 0 Å². The summed E-state index contributed by atoms with van der Waals surface area (Å²) in [6.45, 7) is -0.0564. The van der Waals surface area contributed by atoms with E-state index in [9.17, 15) is 14.4 Å². The quantitative estimate of drug-likeness (QED) is 0.307. The Balaban J connectivity index is 1.54. The lowest BCUT2D eigenvalue weighted by molar-refractivity contribution is -0.156. The summed E-state index contributed by atoms with van der Waals surface area (Å²) in [5.74, 6) is -1.97. The third kappa shape index (κ3) is 3.84. The summed E-state index contributed by atoms with van der Waals surface area (Å²) in [6, 6.07) is 11.2. The first-order chi connectivity index (χ1) is 15.7. The molecule has 2 aliphatic carbocycles. The van der Waals surface area contributed by atoms with Gasteiger partial charge in [0.1, 0.15) is 0 Å². The van der Waals surface area contributed by atoms with E-state index in [-0.39, 0.29) is 39.8 Å². The summed E-state index contributed by atoms with van der Waals surface area (Å²) in [6.07, 6.45) is 0.806. The monoisotopic (exact) mass is 632 g/mol. The third-order valence-corrected chi connectivity index (χ3v) is 10.9. The third-order valence-electron chi connectivity index (χ3n) is 6.87. The van der Waals surface area contributed by atoms with Crippen molar-refractivity contribution in [2.45, 2.75) is 22.6 Å². The number of benzene rings is 2. The Morgan fingerprint density at radius 2 is 1.45 bits per heavy atom. The molecule has 33 heavy (non-hydrogen) atoms. The first kappa shape index (κ1) is 23.6. The van der Waals surface area contributed by atoms with Crippen LogP contribution in [0.25, 0.3) is 0 Å². The zero-order valence-corrected chi connectivity index (χ0v) is 22.4. The molecule has 2 aromatic rings. The summed E-state index contributed by atoms with van der Waals surface area (Å²) in [5, 5.41) is 3.52. The van der Waals surface area contributed by atoms with E-state index in [4.69, 9.17) is 34.8 Å². The Labute approximate surface area is 222 Å². The van der Waals surface area contributed by atoms with Crippen molar-refractivity contribution in [1.29, 1.82) is 0 Å². The van der Waals surface area contributed by atoms with E-state index in [0.29, 0.717) is 26.2 Å². The maximum atomic E-state index is 13.6. The van der Waals surface area contributed by atoms with E-state index in [1.165, 1.54) is 5.01 Å². The highest BCUT2D eigenvalue weighted by Crippen LogP contribution is 2.60. The number of nitrogens with zero attached hydrogens (tertiary/aromatic N) is 2. The van der Waals surface area contributed by atoms with Crippen molar-refractivity contribution in [2.24, 2.45) is 23.7 Å². The Hall–Kier alpha value is -1.12. The van der Waals surface area contributed by atoms with Gasteiger partial charge in [0.05, 0.1) is 18.4 Å². The number of hydrogen-bond donors (Lipinski definition) is 0. The molecule has 172 valence electrons. The van der Waals surface area contributed by atoms with Crippen molar-refractivity contribution in [3.05, 3.63) is 68.7 Å². The number of rotatable bonds is 4. The smallest absolute Gasteiger partial charge is 0.272 e. The lowest BCUT2D eigenvalue weighted by Crippen LogP contribution is -2.50. The number of halogens is 5. The van der Waals surface area contributed by atoms with E-state index >= 15 is 0 Å². The average molecular weight is 636 g/mol. The standard InChI is InChI=1S/C23H17Br2Cl3N2O3/c24-19-14-8-15(20(19)25)18-17(14)22(32)30(23(18)33)29(9-11-3-6-13(27)7-16(11)28)21(31)10-1-4-12(26)5-2-10/h1-7,14-15,17-20H,8-9H2/t14-,15-,17-,18-,19+,20+/m1/s1. The van der Waals surface area contributed by atoms with Crippen molar-refractivity contribution in [1.82, 2.24) is 10.0 Å². The van der Waals surface area contributed by atoms with Crippen molar-refractivity contribution in [3.8, 4) is 0 Å². The molecule has 1 saturated heterocycles. The highest BCUT2D eigenvalue weighted by molar-refractivity contribution is 9.12. The predicted octanol–water partition coefficient (Wildman–Crippen LogP) is 5.98. The molecule has 2 bridgehead atoms. The molecule has 1 aliphatic heterocycles. The minimum Gasteiger partial charge on any atom is -0.272 e. The van der Waals surface area contributed by atoms with Gasteiger partial charge in [0.15, 0.2) is 0 Å². The van der Waals surface area contributed by atoms with Gasteiger partial charge in [-0.25, -0.2) is 5.01 Å². The molecule has 10 heteroatoms. The molecule has 0 radical (unpaired) electrons. The number of carbonyl (C=O) groups is 3. The highest BCUT2D eigenvalue weighted by atomic mass is 79.9. The number of carbonyl (C=O) groups excluding carboxylic acids is 3. The maximum absolute atomic E-state index is 13.6. The molecule has 0 spiro atoms. The predicted molar refractivity (Wildman–Crippen MR) is 134 cm³/mol. The van der Waals surface area contributed by atoms with Crippen LogP contribution in [0.3, 0.4) is 0 Å². The van der Waals surface area contributed by atoms with Crippen molar-refractivity contribution in [2.75, 3.05) is 0 Å². The van der Waals surface area contributed by atoms with Crippen molar-refractivity contribution in [3.63, 3.8) is 0 Å². The van der Waals surface area contributed by atoms with Crippen LogP contribution in [0, 0.1) is 23.7 Å². The van der Waals surface area contributed by atoms with Gasteiger partial charge in [-0.3, -0.25) is 14.4 Å². The Kier molecular flexibility index (Phi) is 6.32. The Morgan fingerprint density at radius 1 is 0.909 bits per heavy atom. The van der Waals surface area contributed by atoms with Gasteiger partial charge in [-0.1, -0.05) is 72.7 Å². The normalized spacial score (nSPS) is 30.2. The van der Waals surface area contributed by atoms with E-state index in [2.05, 4.69) is 31.9 Å². The molecule has 0 aromatic heterocycles. The Bertz CT molecular complexity index is 1130. The summed E-state index contributed by atoms with van der Waals surface area (Å²) < 4.78 is 0. The molecule has 3 aliphatic rings. The van der Waals surface area contributed by atoms with Gasteiger partial charge in [0, 0.05) is 30.3 Å². The van der Waals surface area contributed by atoms with Crippen LogP contribution < -0.4 is 0 Å². The molecular formula is C23H17Br2Cl3N2O3. The molecule has 2 saturated carbocycles. The first-order valence-electron chi connectivity index (χ1n) is 10.4. The second-order valence-electron chi connectivity index (χ2n) is 8.60. The SMILES string of the molecule is O=C(c1ccc(Cl)cc1)N(Cc1ccc(Cl)cc1Cl)N1C(=O)[C@@H]2[C@H]3C[C@@H]([C@H](Br)[C@H]3Br)[C@H]2C1=O. The molecule has 2 aromatic carbocycles. The molecule has 1 heterocycles. The van der Waals surface area contributed by atoms with Crippen LogP contribution in [-0.2, 0) is 16.1 Å². The van der Waals surface area contributed by atoms with Crippen molar-refractivity contribution < 1.29 is 14.4 Å². The van der Waals surface area contributed by atoms with E-state index < -0.39 is 17.7 Å². The number of fused-ring (bicyclic) bond motifs is 5. The van der Waals surface area contributed by atoms with Crippen LogP contribution in [0.1, 0.15) is 22.3 Å². The summed E-state index contributed by atoms with van der Waals surface area (Å²) in [4.78, 5) is 41.0. The lowest BCUT2D eigenvalue weighted by Gasteiger charge is -2.31. The lowest BCUT2D eigenvalue weighted by atomic mass is 9.81. The Morgan fingerprint density at radius 3 is 2.00 bits per heavy atom. The van der Waals surface area contributed by atoms with Crippen LogP contribution in [-0.4, -0.2) is 37.4 Å². The molecular weight excluding hydrogens is 618 g/mol. The number of imide groups is 1. The average Bonchev–Trinajstić information content (AvgIpc) is 3.39. The molecule has 3 fully saturated rings. The first-order valence-corrected chi connectivity index (χ1v) is 13.3. The zero-order valence-electron chi connectivity index (χ0n) is 16.9. The second kappa shape index (κ2) is 8.83. The summed E-state index contributed by atoms with van der Waals surface area (Å²) in [7, 11) is 0. The van der Waals surface area contributed by atoms with Gasteiger partial charge in [-0.2, -0.15) is 5.01 Å². The molecule has 6 atom stereocenters. The topological polar surface area (TPSA) is 57.7 Å². The molecule has 5 rings (SSSR count). The molecule has 0 N–H and O–H groups in total. The van der Waals surface area contributed by atoms with E-state index in [0.717, 1.165) is 11.4 Å². The summed E-state index contributed by atoms with van der Waals surface area (Å²) in [5.41, 5.74) is 0.877. The number of hydrazine groups is 1. The van der Waals surface area contributed by atoms with Crippen molar-refractivity contribution >= 4 is 84.4 Å². The molecule has 0 unspecified atom stereocenters. The molecule has 3 amide bonds. The second-order valence-corrected chi connectivity index (χ2v) is 12.0. The van der Waals surface area contributed by atoms with E-state index in [1.54, 1.807) is 42.5 Å². The van der Waals surface area contributed by atoms with Gasteiger partial charge in [-0.05, 0) is 60.2 Å². The van der Waals surface area contributed by atoms with Crippen LogP contribution in [0.4, 0.5) is 0 Å². The van der Waals surface area contributed by atoms with Gasteiger partial charge in [-0.15, -0.1) is 0 Å². The van der Waals surface area contributed by atoms with Crippen LogP contribution >= 0.6 is 66.7 Å². The highest BCUT2D eigenvalue weighted by Gasteiger charge is 2.67. The van der Waals surface area contributed by atoms with Crippen LogP contribution in [0.15, 0.2) is 42.5 Å². The number of hydrogen-bond acceptors (Lipinski definition) is 3. The molecule has 5 nitrogen and oxygen atoms in total. The van der Waals surface area contributed by atoms with Crippen LogP contribution in [0.2, 0.25) is 15.1 Å². The minimum atomic E-state index is -0.488. The van der Waals surface area contributed by atoms with E-state index in [1.807, 2.05) is 0 Å². The largest absolute Gasteiger partial charge is 0.273 e. The van der Waals surface area contributed by atoms with Gasteiger partial charge in [0.2, 0.25) is 0 Å². The van der Waals surface area contributed by atoms with Gasteiger partial charge in [0.25, 0.3) is 17.7 Å². The number of amides is 3. The number of alkyl halides is 2.